The molecule has 0 N–H and O–H groups in total. The lowest BCUT2D eigenvalue weighted by atomic mass is 10.0. The summed E-state index contributed by atoms with van der Waals surface area (Å²) in [7, 11) is 3.31. The molecule has 2 aromatic carbocycles. The smallest absolute Gasteiger partial charge is 0.165 e. The van der Waals surface area contributed by atoms with Gasteiger partial charge in [0.05, 0.1) is 20.3 Å². The highest BCUT2D eigenvalue weighted by atomic mass is 19.1. The Labute approximate surface area is 165 Å². The van der Waals surface area contributed by atoms with E-state index in [0.717, 1.165) is 42.1 Å². The Morgan fingerprint density at radius 1 is 1.00 bits per heavy atom. The summed E-state index contributed by atoms with van der Waals surface area (Å²) < 4.78 is 27.4. The molecule has 0 bridgehead atoms. The Morgan fingerprint density at radius 2 is 1.86 bits per heavy atom. The van der Waals surface area contributed by atoms with Crippen LogP contribution in [-0.2, 0) is 13.1 Å². The molecule has 0 saturated carbocycles. The van der Waals surface area contributed by atoms with Crippen LogP contribution in [0.1, 0.15) is 29.3 Å². The summed E-state index contributed by atoms with van der Waals surface area (Å²) in [6, 6.07) is 17.1. The number of hydrogen-bond donors (Lipinski definition) is 0. The molecular weight excluding hydrogens is 355 g/mol. The van der Waals surface area contributed by atoms with Crippen molar-refractivity contribution >= 4 is 0 Å². The first kappa shape index (κ1) is 18.6. The van der Waals surface area contributed by atoms with E-state index >= 15 is 0 Å². The normalized spacial score (nSPS) is 17.0. The molecule has 1 aliphatic rings. The van der Waals surface area contributed by atoms with Crippen LogP contribution < -0.4 is 9.47 Å². The minimum Gasteiger partial charge on any atom is -0.493 e. The van der Waals surface area contributed by atoms with Gasteiger partial charge >= 0.3 is 0 Å². The van der Waals surface area contributed by atoms with Crippen molar-refractivity contribution in [2.45, 2.75) is 25.6 Å². The average molecular weight is 380 g/mol. The van der Waals surface area contributed by atoms with E-state index in [9.17, 15) is 4.39 Å². The van der Waals surface area contributed by atoms with E-state index in [2.05, 4.69) is 33.9 Å². The van der Waals surface area contributed by atoms with Gasteiger partial charge in [-0.25, -0.2) is 4.39 Å². The summed E-state index contributed by atoms with van der Waals surface area (Å²) in [6.07, 6.45) is 3.14. The van der Waals surface area contributed by atoms with Gasteiger partial charge in [0, 0.05) is 37.1 Å². The van der Waals surface area contributed by atoms with Crippen molar-refractivity contribution in [1.82, 2.24) is 9.47 Å². The van der Waals surface area contributed by atoms with Crippen LogP contribution in [-0.4, -0.2) is 30.2 Å². The maximum Gasteiger partial charge on any atom is 0.165 e. The summed E-state index contributed by atoms with van der Waals surface area (Å²) in [5.74, 6) is 1.27. The van der Waals surface area contributed by atoms with Gasteiger partial charge in [0.1, 0.15) is 5.82 Å². The summed E-state index contributed by atoms with van der Waals surface area (Å²) in [5, 5.41) is 0. The zero-order valence-electron chi connectivity index (χ0n) is 16.3. The second kappa shape index (κ2) is 8.07. The van der Waals surface area contributed by atoms with Crippen LogP contribution in [0.25, 0.3) is 0 Å². The van der Waals surface area contributed by atoms with E-state index in [1.54, 1.807) is 26.4 Å². The molecule has 4 rings (SSSR count). The molecule has 0 aliphatic carbocycles. The number of benzene rings is 2. The standard InChI is InChI=1S/C23H25FN2O2/c1-27-21-11-4-8-18(23(21)28-2)16-26-14-6-13-25-12-5-10-20(25)22(26)17-7-3-9-19(24)15-17/h3-5,7-12,15,22H,6,13-14,16H2,1-2H3/t22-/m1/s1. The van der Waals surface area contributed by atoms with Gasteiger partial charge in [0.25, 0.3) is 0 Å². The number of rotatable bonds is 5. The average Bonchev–Trinajstić information content (AvgIpc) is 3.09. The number of nitrogens with zero attached hydrogens (tertiary/aromatic N) is 2. The lowest BCUT2D eigenvalue weighted by Gasteiger charge is -2.31. The second-order valence-corrected chi connectivity index (χ2v) is 7.06. The molecule has 0 saturated heterocycles. The van der Waals surface area contributed by atoms with Gasteiger partial charge in [0.15, 0.2) is 11.5 Å². The summed E-state index contributed by atoms with van der Waals surface area (Å²) in [6.45, 7) is 2.55. The molecule has 1 aliphatic heterocycles. The zero-order chi connectivity index (χ0) is 19.5. The molecule has 1 atom stereocenters. The lowest BCUT2D eigenvalue weighted by Crippen LogP contribution is -2.29. The van der Waals surface area contributed by atoms with Crippen molar-refractivity contribution in [3.8, 4) is 11.5 Å². The molecule has 0 radical (unpaired) electrons. The Balaban J connectivity index is 1.76. The van der Waals surface area contributed by atoms with Gasteiger partial charge in [0.2, 0.25) is 0 Å². The predicted molar refractivity (Wildman–Crippen MR) is 107 cm³/mol. The minimum absolute atomic E-state index is 0.0240. The Bertz CT molecular complexity index is 953. The van der Waals surface area contributed by atoms with Crippen LogP contribution in [0.2, 0.25) is 0 Å². The number of halogens is 1. The molecule has 0 spiro atoms. The summed E-state index contributed by atoms with van der Waals surface area (Å²) >= 11 is 0. The van der Waals surface area contributed by atoms with Crippen LogP contribution >= 0.6 is 0 Å². The molecule has 3 aromatic rings. The third-order valence-corrected chi connectivity index (χ3v) is 5.38. The van der Waals surface area contributed by atoms with Crippen LogP contribution in [0.15, 0.2) is 60.8 Å². The lowest BCUT2D eigenvalue weighted by molar-refractivity contribution is 0.216. The van der Waals surface area contributed by atoms with Gasteiger partial charge in [-0.05, 0) is 42.3 Å². The van der Waals surface area contributed by atoms with E-state index in [-0.39, 0.29) is 11.9 Å². The largest absolute Gasteiger partial charge is 0.493 e. The van der Waals surface area contributed by atoms with Crippen LogP contribution in [0, 0.1) is 5.82 Å². The molecule has 5 heteroatoms. The molecule has 2 heterocycles. The van der Waals surface area contributed by atoms with Crippen LogP contribution in [0.5, 0.6) is 11.5 Å². The fraction of sp³-hybridized carbons (Fsp3) is 0.304. The monoisotopic (exact) mass is 380 g/mol. The Kier molecular flexibility index (Phi) is 5.35. The Hall–Kier alpha value is -2.79. The number of methoxy groups -OCH3 is 2. The SMILES string of the molecule is COc1cccc(CN2CCCn3cccc3[C@H]2c2cccc(F)c2)c1OC. The van der Waals surface area contributed by atoms with Gasteiger partial charge in [-0.3, -0.25) is 4.90 Å². The number of para-hydroxylation sites is 1. The number of aryl methyl sites for hydroxylation is 1. The van der Waals surface area contributed by atoms with E-state index in [4.69, 9.17) is 9.47 Å². The third kappa shape index (κ3) is 3.50. The van der Waals surface area contributed by atoms with Crippen molar-refractivity contribution in [3.05, 3.63) is 83.4 Å². The van der Waals surface area contributed by atoms with Crippen molar-refractivity contribution in [2.75, 3.05) is 20.8 Å². The minimum atomic E-state index is -0.209. The van der Waals surface area contributed by atoms with Crippen molar-refractivity contribution < 1.29 is 13.9 Å². The molecule has 1 aromatic heterocycles. The van der Waals surface area contributed by atoms with Gasteiger partial charge in [-0.1, -0.05) is 24.3 Å². The number of hydrogen-bond acceptors (Lipinski definition) is 3. The predicted octanol–water partition coefficient (Wildman–Crippen LogP) is 4.64. The third-order valence-electron chi connectivity index (χ3n) is 5.38. The van der Waals surface area contributed by atoms with Gasteiger partial charge in [-0.15, -0.1) is 0 Å². The quantitative estimate of drug-likeness (QED) is 0.645. The fourth-order valence-corrected chi connectivity index (χ4v) is 4.17. The highest BCUT2D eigenvalue weighted by Gasteiger charge is 2.28. The Morgan fingerprint density at radius 3 is 2.64 bits per heavy atom. The number of fused-ring (bicyclic) bond motifs is 1. The first-order chi connectivity index (χ1) is 13.7. The molecule has 0 unspecified atom stereocenters. The van der Waals surface area contributed by atoms with Crippen LogP contribution in [0.3, 0.4) is 0 Å². The zero-order valence-corrected chi connectivity index (χ0v) is 16.3. The van der Waals surface area contributed by atoms with E-state index in [1.165, 1.54) is 11.8 Å². The number of ether oxygens (including phenoxy) is 2. The van der Waals surface area contributed by atoms with E-state index in [1.807, 2.05) is 18.2 Å². The first-order valence-corrected chi connectivity index (χ1v) is 9.55. The molecule has 146 valence electrons. The highest BCUT2D eigenvalue weighted by Crippen LogP contribution is 2.37. The van der Waals surface area contributed by atoms with Gasteiger partial charge in [-0.2, -0.15) is 0 Å². The summed E-state index contributed by atoms with van der Waals surface area (Å²) in [4.78, 5) is 2.39. The van der Waals surface area contributed by atoms with Crippen molar-refractivity contribution in [1.29, 1.82) is 0 Å². The maximum atomic E-state index is 14.0. The summed E-state index contributed by atoms with van der Waals surface area (Å²) in [5.41, 5.74) is 3.21. The van der Waals surface area contributed by atoms with Crippen molar-refractivity contribution in [2.24, 2.45) is 0 Å². The highest BCUT2D eigenvalue weighted by molar-refractivity contribution is 5.46. The van der Waals surface area contributed by atoms with E-state index in [0.29, 0.717) is 6.54 Å². The van der Waals surface area contributed by atoms with E-state index < -0.39 is 0 Å². The topological polar surface area (TPSA) is 26.6 Å². The first-order valence-electron chi connectivity index (χ1n) is 9.55. The molecule has 0 fully saturated rings. The molecule has 28 heavy (non-hydrogen) atoms. The van der Waals surface area contributed by atoms with Gasteiger partial charge < -0.3 is 14.0 Å². The van der Waals surface area contributed by atoms with Crippen LogP contribution in [0.4, 0.5) is 4.39 Å². The fourth-order valence-electron chi connectivity index (χ4n) is 4.17. The number of aromatic nitrogens is 1. The molecule has 4 nitrogen and oxygen atoms in total. The molecule has 0 amide bonds. The van der Waals surface area contributed by atoms with Crippen molar-refractivity contribution in [3.63, 3.8) is 0 Å². The maximum absolute atomic E-state index is 14.0. The molecular formula is C23H25FN2O2. The second-order valence-electron chi connectivity index (χ2n) is 7.06.